The lowest BCUT2D eigenvalue weighted by Crippen LogP contribution is -1.99. The third-order valence-electron chi connectivity index (χ3n) is 2.68. The average Bonchev–Trinajstić information content (AvgIpc) is 2.75. The Bertz CT molecular complexity index is 555. The number of rotatable bonds is 4. The van der Waals surface area contributed by atoms with Crippen LogP contribution in [-0.4, -0.2) is 16.1 Å². The molecule has 4 nitrogen and oxygen atoms in total. The van der Waals surface area contributed by atoms with Crippen LogP contribution in [0.1, 0.15) is 35.2 Å². The molecular weight excluding hydrogens is 230 g/mol. The van der Waals surface area contributed by atoms with Crippen molar-refractivity contribution in [1.29, 1.82) is 0 Å². The Hall–Kier alpha value is -2.10. The van der Waals surface area contributed by atoms with Crippen LogP contribution in [0.25, 0.3) is 11.5 Å². The summed E-state index contributed by atoms with van der Waals surface area (Å²) in [5.41, 5.74) is 2.45. The molecule has 0 bridgehead atoms. The SMILES string of the molecule is CCCc1nc(-c2ccc(C)cc2)oc1C(=O)O. The van der Waals surface area contributed by atoms with Crippen molar-refractivity contribution in [1.82, 2.24) is 4.98 Å². The lowest BCUT2D eigenvalue weighted by molar-refractivity contribution is 0.0661. The van der Waals surface area contributed by atoms with E-state index in [1.54, 1.807) is 0 Å². The lowest BCUT2D eigenvalue weighted by Gasteiger charge is -1.95. The first kappa shape index (κ1) is 12.4. The second-order valence-corrected chi connectivity index (χ2v) is 4.22. The zero-order valence-corrected chi connectivity index (χ0v) is 10.4. The van der Waals surface area contributed by atoms with Crippen molar-refractivity contribution in [2.75, 3.05) is 0 Å². The van der Waals surface area contributed by atoms with E-state index in [2.05, 4.69) is 4.98 Å². The van der Waals surface area contributed by atoms with Gasteiger partial charge in [0, 0.05) is 5.56 Å². The van der Waals surface area contributed by atoms with Gasteiger partial charge in [-0.1, -0.05) is 31.0 Å². The van der Waals surface area contributed by atoms with E-state index in [9.17, 15) is 4.79 Å². The van der Waals surface area contributed by atoms with Gasteiger partial charge in [-0.05, 0) is 25.5 Å². The molecule has 4 heteroatoms. The molecule has 0 amide bonds. The highest BCUT2D eigenvalue weighted by molar-refractivity contribution is 5.86. The summed E-state index contributed by atoms with van der Waals surface area (Å²) in [5, 5.41) is 9.06. The van der Waals surface area contributed by atoms with Crippen LogP contribution in [0.4, 0.5) is 0 Å². The Balaban J connectivity index is 2.42. The Kier molecular flexibility index (Phi) is 3.46. The van der Waals surface area contributed by atoms with Gasteiger partial charge < -0.3 is 9.52 Å². The van der Waals surface area contributed by atoms with Crippen molar-refractivity contribution in [2.24, 2.45) is 0 Å². The second-order valence-electron chi connectivity index (χ2n) is 4.22. The zero-order valence-electron chi connectivity index (χ0n) is 10.4. The third kappa shape index (κ3) is 2.42. The molecule has 0 spiro atoms. The average molecular weight is 245 g/mol. The van der Waals surface area contributed by atoms with Gasteiger partial charge in [0.05, 0.1) is 5.69 Å². The third-order valence-corrected chi connectivity index (χ3v) is 2.68. The molecule has 1 aromatic carbocycles. The Morgan fingerprint density at radius 2 is 2.00 bits per heavy atom. The van der Waals surface area contributed by atoms with Crippen molar-refractivity contribution in [3.63, 3.8) is 0 Å². The highest BCUT2D eigenvalue weighted by atomic mass is 16.4. The van der Waals surface area contributed by atoms with E-state index in [-0.39, 0.29) is 5.76 Å². The Morgan fingerprint density at radius 3 is 2.56 bits per heavy atom. The van der Waals surface area contributed by atoms with Gasteiger partial charge in [0.1, 0.15) is 0 Å². The number of benzene rings is 1. The molecule has 0 saturated heterocycles. The highest BCUT2D eigenvalue weighted by Crippen LogP contribution is 2.23. The fourth-order valence-electron chi connectivity index (χ4n) is 1.74. The van der Waals surface area contributed by atoms with E-state index in [0.29, 0.717) is 18.0 Å². The molecule has 0 atom stereocenters. The van der Waals surface area contributed by atoms with Crippen LogP contribution in [-0.2, 0) is 6.42 Å². The zero-order chi connectivity index (χ0) is 13.1. The molecule has 0 aliphatic carbocycles. The molecular formula is C14H15NO3. The van der Waals surface area contributed by atoms with E-state index in [1.807, 2.05) is 38.1 Å². The molecule has 0 aliphatic heterocycles. The van der Waals surface area contributed by atoms with E-state index >= 15 is 0 Å². The fourth-order valence-corrected chi connectivity index (χ4v) is 1.74. The highest BCUT2D eigenvalue weighted by Gasteiger charge is 2.19. The fraction of sp³-hybridized carbons (Fsp3) is 0.286. The topological polar surface area (TPSA) is 63.3 Å². The predicted molar refractivity (Wildman–Crippen MR) is 67.6 cm³/mol. The molecule has 1 heterocycles. The smallest absolute Gasteiger partial charge is 0.373 e. The maximum absolute atomic E-state index is 11.1. The van der Waals surface area contributed by atoms with Crippen molar-refractivity contribution in [3.05, 3.63) is 41.3 Å². The maximum Gasteiger partial charge on any atom is 0.373 e. The van der Waals surface area contributed by atoms with Gasteiger partial charge in [0.2, 0.25) is 11.7 Å². The minimum atomic E-state index is -1.07. The summed E-state index contributed by atoms with van der Waals surface area (Å²) in [6.07, 6.45) is 1.44. The summed E-state index contributed by atoms with van der Waals surface area (Å²) in [6, 6.07) is 7.64. The van der Waals surface area contributed by atoms with Gasteiger partial charge in [0.25, 0.3) is 0 Å². The predicted octanol–water partition coefficient (Wildman–Crippen LogP) is 3.30. The molecule has 1 N–H and O–H groups in total. The minimum Gasteiger partial charge on any atom is -0.475 e. The van der Waals surface area contributed by atoms with Crippen molar-refractivity contribution in [2.45, 2.75) is 26.7 Å². The maximum atomic E-state index is 11.1. The number of aromatic nitrogens is 1. The molecule has 1 aromatic heterocycles. The first-order valence-electron chi connectivity index (χ1n) is 5.92. The van der Waals surface area contributed by atoms with Crippen LogP contribution >= 0.6 is 0 Å². The lowest BCUT2D eigenvalue weighted by atomic mass is 10.1. The largest absolute Gasteiger partial charge is 0.475 e. The normalized spacial score (nSPS) is 10.6. The van der Waals surface area contributed by atoms with Crippen LogP contribution in [0, 0.1) is 6.92 Å². The standard InChI is InChI=1S/C14H15NO3/c1-3-4-11-12(14(16)17)18-13(15-11)10-7-5-9(2)6-8-10/h5-8H,3-4H2,1-2H3,(H,16,17). The number of aryl methyl sites for hydroxylation is 2. The van der Waals surface area contributed by atoms with Gasteiger partial charge in [0.15, 0.2) is 0 Å². The first-order valence-corrected chi connectivity index (χ1v) is 5.92. The van der Waals surface area contributed by atoms with Gasteiger partial charge in [-0.25, -0.2) is 9.78 Å². The van der Waals surface area contributed by atoms with Crippen LogP contribution < -0.4 is 0 Å². The Morgan fingerprint density at radius 1 is 1.33 bits per heavy atom. The molecule has 0 radical (unpaired) electrons. The number of hydrogen-bond donors (Lipinski definition) is 1. The van der Waals surface area contributed by atoms with Crippen LogP contribution in [0.2, 0.25) is 0 Å². The van der Waals surface area contributed by atoms with Crippen molar-refractivity contribution >= 4 is 5.97 Å². The molecule has 94 valence electrons. The van der Waals surface area contributed by atoms with E-state index in [1.165, 1.54) is 0 Å². The van der Waals surface area contributed by atoms with Gasteiger partial charge in [-0.3, -0.25) is 0 Å². The molecule has 0 aliphatic rings. The molecule has 0 saturated carbocycles. The van der Waals surface area contributed by atoms with Gasteiger partial charge in [-0.2, -0.15) is 0 Å². The summed E-state index contributed by atoms with van der Waals surface area (Å²) < 4.78 is 5.34. The van der Waals surface area contributed by atoms with E-state index < -0.39 is 5.97 Å². The van der Waals surface area contributed by atoms with E-state index in [0.717, 1.165) is 17.5 Å². The van der Waals surface area contributed by atoms with Crippen LogP contribution in [0.15, 0.2) is 28.7 Å². The molecule has 2 aromatic rings. The van der Waals surface area contributed by atoms with Crippen molar-refractivity contribution < 1.29 is 14.3 Å². The number of aromatic carboxylic acids is 1. The summed E-state index contributed by atoms with van der Waals surface area (Å²) >= 11 is 0. The molecule has 18 heavy (non-hydrogen) atoms. The van der Waals surface area contributed by atoms with Crippen molar-refractivity contribution in [3.8, 4) is 11.5 Å². The second kappa shape index (κ2) is 5.04. The first-order chi connectivity index (χ1) is 8.61. The summed E-state index contributed by atoms with van der Waals surface area (Å²) in [6.45, 7) is 3.97. The van der Waals surface area contributed by atoms with Gasteiger partial charge in [-0.15, -0.1) is 0 Å². The van der Waals surface area contributed by atoms with Crippen LogP contribution in [0.5, 0.6) is 0 Å². The quantitative estimate of drug-likeness (QED) is 0.897. The summed E-state index contributed by atoms with van der Waals surface area (Å²) in [4.78, 5) is 15.3. The number of carboxylic acid groups (broad SMARTS) is 1. The number of hydrogen-bond acceptors (Lipinski definition) is 3. The molecule has 0 fully saturated rings. The summed E-state index contributed by atoms with van der Waals surface area (Å²) in [7, 11) is 0. The number of nitrogens with zero attached hydrogens (tertiary/aromatic N) is 1. The molecule has 2 rings (SSSR count). The Labute approximate surface area is 105 Å². The minimum absolute atomic E-state index is 0.0487. The van der Waals surface area contributed by atoms with E-state index in [4.69, 9.17) is 9.52 Å². The number of carbonyl (C=O) groups is 1. The summed E-state index contributed by atoms with van der Waals surface area (Å²) in [5.74, 6) is -0.743. The number of oxazole rings is 1. The van der Waals surface area contributed by atoms with Gasteiger partial charge >= 0.3 is 5.97 Å². The van der Waals surface area contributed by atoms with Crippen LogP contribution in [0.3, 0.4) is 0 Å². The molecule has 0 unspecified atom stereocenters. The number of carboxylic acids is 1. The monoisotopic (exact) mass is 245 g/mol.